The van der Waals surface area contributed by atoms with Crippen LogP contribution in [0, 0.1) is 0 Å². The second-order valence-electron chi connectivity index (χ2n) is 5.77. The standard InChI is InChI=1S/C18H13Cl2F3N4O2/c19-10-3-1-4-11(20)14(10)17(29)25-12-5-2-7-27-13(9-24-6-8-28)15(18(21,22)23)26-16(12)27/h1-5,7,9,28H,6,8H2,(H,25,29)/b24-9-. The molecule has 0 fully saturated rings. The number of aliphatic imine (C=N–C) groups is 1. The molecule has 0 atom stereocenters. The fourth-order valence-electron chi connectivity index (χ4n) is 2.62. The number of rotatable bonds is 5. The number of anilines is 1. The Kier molecular flexibility index (Phi) is 6.11. The average molecular weight is 445 g/mol. The van der Waals surface area contributed by atoms with Gasteiger partial charge >= 0.3 is 6.18 Å². The monoisotopic (exact) mass is 444 g/mol. The fraction of sp³-hybridized carbons (Fsp3) is 0.167. The van der Waals surface area contributed by atoms with Gasteiger partial charge in [-0.25, -0.2) is 4.98 Å². The first kappa shape index (κ1) is 21.1. The van der Waals surface area contributed by atoms with Crippen LogP contribution in [0.15, 0.2) is 41.5 Å². The zero-order valence-corrected chi connectivity index (χ0v) is 16.1. The zero-order chi connectivity index (χ0) is 21.2. The average Bonchev–Trinajstić information content (AvgIpc) is 3.02. The number of amides is 1. The summed E-state index contributed by atoms with van der Waals surface area (Å²) in [5, 5.41) is 11.5. The number of imidazole rings is 1. The molecule has 0 aliphatic carbocycles. The highest BCUT2D eigenvalue weighted by Crippen LogP contribution is 2.33. The summed E-state index contributed by atoms with van der Waals surface area (Å²) in [7, 11) is 0. The highest BCUT2D eigenvalue weighted by Gasteiger charge is 2.38. The van der Waals surface area contributed by atoms with Crippen LogP contribution in [0.5, 0.6) is 0 Å². The molecular weight excluding hydrogens is 432 g/mol. The summed E-state index contributed by atoms with van der Waals surface area (Å²) in [5.41, 5.74) is -1.61. The number of aromatic nitrogens is 2. The zero-order valence-electron chi connectivity index (χ0n) is 14.5. The molecule has 2 aromatic heterocycles. The van der Waals surface area contributed by atoms with Crippen LogP contribution in [0.3, 0.4) is 0 Å². The largest absolute Gasteiger partial charge is 0.435 e. The summed E-state index contributed by atoms with van der Waals surface area (Å²) >= 11 is 12.0. The molecule has 6 nitrogen and oxygen atoms in total. The molecule has 0 bridgehead atoms. The van der Waals surface area contributed by atoms with Gasteiger partial charge < -0.3 is 10.4 Å². The third kappa shape index (κ3) is 4.36. The molecular formula is C18H13Cl2F3N4O2. The second-order valence-corrected chi connectivity index (χ2v) is 6.58. The van der Waals surface area contributed by atoms with E-state index in [0.29, 0.717) is 0 Å². The number of nitrogens with zero attached hydrogens (tertiary/aromatic N) is 3. The van der Waals surface area contributed by atoms with Gasteiger partial charge in [0.15, 0.2) is 11.3 Å². The Bertz CT molecular complexity index is 1080. The van der Waals surface area contributed by atoms with Gasteiger partial charge in [-0.2, -0.15) is 13.2 Å². The van der Waals surface area contributed by atoms with E-state index in [2.05, 4.69) is 15.3 Å². The molecule has 1 amide bonds. The number of aliphatic hydroxyl groups is 1. The summed E-state index contributed by atoms with van der Waals surface area (Å²) in [5.74, 6) is -0.694. The number of carbonyl (C=O) groups is 1. The van der Waals surface area contributed by atoms with Crippen LogP contribution in [-0.2, 0) is 6.18 Å². The molecule has 2 heterocycles. The SMILES string of the molecule is O=C(Nc1cccn2c(/C=N\CCO)c(C(F)(F)F)nc12)c1c(Cl)cccc1Cl. The Morgan fingerprint density at radius 3 is 2.55 bits per heavy atom. The van der Waals surface area contributed by atoms with Crippen molar-refractivity contribution in [2.75, 3.05) is 18.5 Å². The summed E-state index contributed by atoms with van der Waals surface area (Å²) in [6.07, 6.45) is -2.41. The molecule has 0 saturated carbocycles. The van der Waals surface area contributed by atoms with E-state index in [4.69, 9.17) is 28.3 Å². The van der Waals surface area contributed by atoms with Gasteiger partial charge in [0.25, 0.3) is 5.91 Å². The third-order valence-electron chi connectivity index (χ3n) is 3.84. The second kappa shape index (κ2) is 8.40. The van der Waals surface area contributed by atoms with Gasteiger partial charge in [0, 0.05) is 12.4 Å². The molecule has 0 aliphatic rings. The molecule has 11 heteroatoms. The number of fused-ring (bicyclic) bond motifs is 1. The molecule has 0 saturated heterocycles. The predicted molar refractivity (Wildman–Crippen MR) is 104 cm³/mol. The lowest BCUT2D eigenvalue weighted by molar-refractivity contribution is -0.140. The number of alkyl halides is 3. The van der Waals surface area contributed by atoms with Gasteiger partial charge in [-0.3, -0.25) is 14.2 Å². The molecule has 0 radical (unpaired) electrons. The minimum Gasteiger partial charge on any atom is -0.394 e. The lowest BCUT2D eigenvalue weighted by Gasteiger charge is -2.09. The maximum absolute atomic E-state index is 13.5. The fourth-order valence-corrected chi connectivity index (χ4v) is 3.19. The Labute approximate surface area is 172 Å². The van der Waals surface area contributed by atoms with Crippen molar-refractivity contribution in [2.45, 2.75) is 6.18 Å². The number of aliphatic hydroxyl groups excluding tert-OH is 1. The van der Waals surface area contributed by atoms with Crippen molar-refractivity contribution in [3.63, 3.8) is 0 Å². The maximum Gasteiger partial charge on any atom is 0.435 e. The topological polar surface area (TPSA) is 79.0 Å². The Balaban J connectivity index is 2.09. The molecule has 2 N–H and O–H groups in total. The number of halogens is 5. The third-order valence-corrected chi connectivity index (χ3v) is 4.47. The number of hydrogen-bond donors (Lipinski definition) is 2. The number of nitrogens with one attached hydrogen (secondary N) is 1. The van der Waals surface area contributed by atoms with E-state index in [-0.39, 0.29) is 45.8 Å². The molecule has 29 heavy (non-hydrogen) atoms. The highest BCUT2D eigenvalue weighted by atomic mass is 35.5. The quantitative estimate of drug-likeness (QED) is 0.575. The van der Waals surface area contributed by atoms with Crippen molar-refractivity contribution < 1.29 is 23.1 Å². The van der Waals surface area contributed by atoms with Crippen LogP contribution in [-0.4, -0.2) is 39.8 Å². The highest BCUT2D eigenvalue weighted by molar-refractivity contribution is 6.40. The normalized spacial score (nSPS) is 12.1. The van der Waals surface area contributed by atoms with Gasteiger partial charge in [0.05, 0.1) is 40.1 Å². The first-order valence-corrected chi connectivity index (χ1v) is 8.94. The van der Waals surface area contributed by atoms with Crippen LogP contribution >= 0.6 is 23.2 Å². The summed E-state index contributed by atoms with van der Waals surface area (Å²) in [4.78, 5) is 20.0. The smallest absolute Gasteiger partial charge is 0.394 e. The number of hydrogen-bond acceptors (Lipinski definition) is 4. The molecule has 3 rings (SSSR count). The minimum atomic E-state index is -4.75. The summed E-state index contributed by atoms with van der Waals surface area (Å²) in [6, 6.07) is 7.35. The van der Waals surface area contributed by atoms with Crippen LogP contribution < -0.4 is 5.32 Å². The van der Waals surface area contributed by atoms with Gasteiger partial charge in [-0.05, 0) is 24.3 Å². The first-order valence-electron chi connectivity index (χ1n) is 8.18. The Morgan fingerprint density at radius 1 is 1.24 bits per heavy atom. The van der Waals surface area contributed by atoms with Crippen LogP contribution in [0.25, 0.3) is 5.65 Å². The van der Waals surface area contributed by atoms with Crippen molar-refractivity contribution in [3.8, 4) is 0 Å². The van der Waals surface area contributed by atoms with Gasteiger partial charge in [0.1, 0.15) is 0 Å². The molecule has 0 aliphatic heterocycles. The van der Waals surface area contributed by atoms with Gasteiger partial charge in [-0.1, -0.05) is 29.3 Å². The lowest BCUT2D eigenvalue weighted by Crippen LogP contribution is -2.14. The van der Waals surface area contributed by atoms with E-state index in [1.807, 2.05) is 0 Å². The minimum absolute atomic E-state index is 0.00910. The van der Waals surface area contributed by atoms with Crippen LogP contribution in [0.2, 0.25) is 10.0 Å². The van der Waals surface area contributed by atoms with E-state index in [1.165, 1.54) is 30.5 Å². The van der Waals surface area contributed by atoms with Crippen molar-refractivity contribution in [1.82, 2.24) is 9.38 Å². The van der Waals surface area contributed by atoms with Gasteiger partial charge in [0.2, 0.25) is 0 Å². The van der Waals surface area contributed by atoms with Crippen LogP contribution in [0.4, 0.5) is 18.9 Å². The Morgan fingerprint density at radius 2 is 1.93 bits per heavy atom. The molecule has 0 unspecified atom stereocenters. The van der Waals surface area contributed by atoms with E-state index < -0.39 is 17.8 Å². The van der Waals surface area contributed by atoms with Crippen molar-refractivity contribution in [3.05, 3.63) is 63.5 Å². The predicted octanol–water partition coefficient (Wildman–Crippen LogP) is 4.32. The number of benzene rings is 1. The van der Waals surface area contributed by atoms with E-state index in [9.17, 15) is 18.0 Å². The van der Waals surface area contributed by atoms with Crippen molar-refractivity contribution >= 4 is 46.7 Å². The molecule has 3 aromatic rings. The van der Waals surface area contributed by atoms with E-state index in [1.54, 1.807) is 6.07 Å². The van der Waals surface area contributed by atoms with Crippen LogP contribution in [0.1, 0.15) is 21.7 Å². The van der Waals surface area contributed by atoms with Crippen molar-refractivity contribution in [2.24, 2.45) is 4.99 Å². The molecule has 0 spiro atoms. The maximum atomic E-state index is 13.5. The van der Waals surface area contributed by atoms with Crippen molar-refractivity contribution in [1.29, 1.82) is 0 Å². The summed E-state index contributed by atoms with van der Waals surface area (Å²) < 4.78 is 41.5. The van der Waals surface area contributed by atoms with E-state index >= 15 is 0 Å². The van der Waals surface area contributed by atoms with Gasteiger partial charge in [-0.15, -0.1) is 0 Å². The van der Waals surface area contributed by atoms with E-state index in [0.717, 1.165) is 10.6 Å². The lowest BCUT2D eigenvalue weighted by atomic mass is 10.2. The first-order chi connectivity index (χ1) is 13.7. The number of carbonyl (C=O) groups excluding carboxylic acids is 1. The molecule has 1 aromatic carbocycles. The summed E-state index contributed by atoms with van der Waals surface area (Å²) in [6.45, 7) is -0.375. The number of pyridine rings is 1. The Hall–Kier alpha value is -2.62. The molecule has 152 valence electrons.